The Bertz CT molecular complexity index is 810. The fraction of sp³-hybridized carbons (Fsp3) is 0.458. The van der Waals surface area contributed by atoms with E-state index in [1.54, 1.807) is 0 Å². The molecule has 0 atom stereocenters. The zero-order valence-corrected chi connectivity index (χ0v) is 17.5. The maximum Gasteiger partial charge on any atom is 0.257 e. The Kier molecular flexibility index (Phi) is 6.73. The number of hydrogen-bond donors (Lipinski definition) is 1. The molecule has 5 heteroatoms. The largest absolute Gasteiger partial charge is 0.488 e. The lowest BCUT2D eigenvalue weighted by molar-refractivity contribution is 0.0697. The summed E-state index contributed by atoms with van der Waals surface area (Å²) in [5.74, 6) is 0.703. The molecular weight excluding hydrogens is 384 g/mol. The Balaban J connectivity index is 1.34. The van der Waals surface area contributed by atoms with Crippen LogP contribution in [-0.4, -0.2) is 36.0 Å². The van der Waals surface area contributed by atoms with Crippen LogP contribution in [0.15, 0.2) is 48.5 Å². The first-order valence-electron chi connectivity index (χ1n) is 10.7. The van der Waals surface area contributed by atoms with Gasteiger partial charge in [-0.05, 0) is 55.5 Å². The van der Waals surface area contributed by atoms with Gasteiger partial charge in [0.25, 0.3) is 5.91 Å². The molecule has 4 rings (SSSR count). The van der Waals surface area contributed by atoms with E-state index in [0.717, 1.165) is 31.5 Å². The van der Waals surface area contributed by atoms with E-state index in [0.29, 0.717) is 35.0 Å². The summed E-state index contributed by atoms with van der Waals surface area (Å²) in [6.07, 6.45) is 7.35. The molecule has 0 radical (unpaired) electrons. The maximum absolute atomic E-state index is 13.1. The summed E-state index contributed by atoms with van der Waals surface area (Å²) in [5, 5.41) is 4.50. The summed E-state index contributed by atoms with van der Waals surface area (Å²) in [5.41, 5.74) is 1.67. The Morgan fingerprint density at radius 1 is 0.966 bits per heavy atom. The van der Waals surface area contributed by atoms with Crippen molar-refractivity contribution in [1.29, 1.82) is 0 Å². The van der Waals surface area contributed by atoms with Crippen molar-refractivity contribution in [3.63, 3.8) is 0 Å². The second kappa shape index (κ2) is 9.64. The number of ether oxygens (including phenoxy) is 1. The van der Waals surface area contributed by atoms with Gasteiger partial charge in [-0.3, -0.25) is 4.79 Å². The summed E-state index contributed by atoms with van der Waals surface area (Å²) >= 11 is 5.94. The molecule has 1 amide bonds. The molecule has 154 valence electrons. The number of benzene rings is 2. The van der Waals surface area contributed by atoms with Crippen LogP contribution in [0.5, 0.6) is 5.75 Å². The van der Waals surface area contributed by atoms with Crippen LogP contribution in [-0.2, 0) is 6.61 Å². The SMILES string of the molecule is O=C(c1ccccc1OCc1ccc(Cl)cc1)N1CCC(NC2CCCC2)CC1. The van der Waals surface area contributed by atoms with Gasteiger partial charge in [0.15, 0.2) is 0 Å². The van der Waals surface area contributed by atoms with E-state index in [1.165, 1.54) is 25.7 Å². The van der Waals surface area contributed by atoms with Crippen molar-refractivity contribution in [2.75, 3.05) is 13.1 Å². The standard InChI is InChI=1S/C24H29ClN2O2/c25-19-11-9-18(10-12-19)17-29-23-8-4-3-7-22(23)24(28)27-15-13-21(14-16-27)26-20-5-1-2-6-20/h3-4,7-12,20-21,26H,1-2,5-6,13-17H2. The normalized spacial score (nSPS) is 18.2. The van der Waals surface area contributed by atoms with Gasteiger partial charge in [0.05, 0.1) is 5.56 Å². The van der Waals surface area contributed by atoms with Gasteiger partial charge in [0.1, 0.15) is 12.4 Å². The lowest BCUT2D eigenvalue weighted by Crippen LogP contribution is -2.47. The summed E-state index contributed by atoms with van der Waals surface area (Å²) in [6.45, 7) is 2.01. The molecule has 1 heterocycles. The fourth-order valence-electron chi connectivity index (χ4n) is 4.36. The number of rotatable bonds is 6. The summed E-state index contributed by atoms with van der Waals surface area (Å²) in [6, 6.07) is 16.3. The second-order valence-electron chi connectivity index (χ2n) is 8.13. The molecule has 1 aliphatic heterocycles. The number of halogens is 1. The number of piperidine rings is 1. The van der Waals surface area contributed by atoms with Gasteiger partial charge in [0.2, 0.25) is 0 Å². The van der Waals surface area contributed by atoms with Gasteiger partial charge in [-0.25, -0.2) is 0 Å². The number of nitrogens with zero attached hydrogens (tertiary/aromatic N) is 1. The highest BCUT2D eigenvalue weighted by molar-refractivity contribution is 6.30. The van der Waals surface area contributed by atoms with Crippen LogP contribution in [0.1, 0.15) is 54.4 Å². The molecule has 1 saturated carbocycles. The first-order valence-corrected chi connectivity index (χ1v) is 11.1. The van der Waals surface area contributed by atoms with Crippen LogP contribution in [0.4, 0.5) is 0 Å². The molecule has 0 unspecified atom stereocenters. The molecule has 1 aliphatic carbocycles. The molecule has 2 aliphatic rings. The zero-order valence-electron chi connectivity index (χ0n) is 16.8. The number of carbonyl (C=O) groups is 1. The summed E-state index contributed by atoms with van der Waals surface area (Å²) in [4.78, 5) is 15.1. The average Bonchev–Trinajstić information content (AvgIpc) is 3.27. The quantitative estimate of drug-likeness (QED) is 0.721. The third-order valence-corrected chi connectivity index (χ3v) is 6.29. The molecule has 4 nitrogen and oxygen atoms in total. The molecule has 1 N–H and O–H groups in total. The fourth-order valence-corrected chi connectivity index (χ4v) is 4.48. The first kappa shape index (κ1) is 20.2. The van der Waals surface area contributed by atoms with Crippen molar-refractivity contribution in [3.8, 4) is 5.75 Å². The van der Waals surface area contributed by atoms with Crippen LogP contribution >= 0.6 is 11.6 Å². The number of carbonyl (C=O) groups excluding carboxylic acids is 1. The molecular formula is C24H29ClN2O2. The third kappa shape index (κ3) is 5.31. The van der Waals surface area contributed by atoms with E-state index in [2.05, 4.69) is 5.32 Å². The molecule has 0 bridgehead atoms. The van der Waals surface area contributed by atoms with Crippen LogP contribution in [0, 0.1) is 0 Å². The average molecular weight is 413 g/mol. The molecule has 0 aromatic heterocycles. The smallest absolute Gasteiger partial charge is 0.257 e. The van der Waals surface area contributed by atoms with Crippen molar-refractivity contribution in [2.45, 2.75) is 57.2 Å². The number of hydrogen-bond acceptors (Lipinski definition) is 3. The van der Waals surface area contributed by atoms with E-state index in [1.807, 2.05) is 53.4 Å². The van der Waals surface area contributed by atoms with E-state index < -0.39 is 0 Å². The predicted octanol–water partition coefficient (Wildman–Crippen LogP) is 5.06. The van der Waals surface area contributed by atoms with Gasteiger partial charge in [-0.1, -0.05) is 48.7 Å². The minimum atomic E-state index is 0.0658. The number of para-hydroxylation sites is 1. The highest BCUT2D eigenvalue weighted by Crippen LogP contribution is 2.25. The lowest BCUT2D eigenvalue weighted by atomic mass is 10.0. The predicted molar refractivity (Wildman–Crippen MR) is 117 cm³/mol. The monoisotopic (exact) mass is 412 g/mol. The van der Waals surface area contributed by atoms with Gasteiger partial charge in [0, 0.05) is 30.2 Å². The van der Waals surface area contributed by atoms with Crippen molar-refractivity contribution < 1.29 is 9.53 Å². The minimum Gasteiger partial charge on any atom is -0.488 e. The van der Waals surface area contributed by atoms with Gasteiger partial charge in [-0.15, -0.1) is 0 Å². The maximum atomic E-state index is 13.1. The van der Waals surface area contributed by atoms with Crippen molar-refractivity contribution in [1.82, 2.24) is 10.2 Å². The zero-order chi connectivity index (χ0) is 20.1. The third-order valence-electron chi connectivity index (χ3n) is 6.03. The van der Waals surface area contributed by atoms with E-state index in [-0.39, 0.29) is 5.91 Å². The highest BCUT2D eigenvalue weighted by Gasteiger charge is 2.27. The van der Waals surface area contributed by atoms with E-state index in [4.69, 9.17) is 16.3 Å². The van der Waals surface area contributed by atoms with Crippen LogP contribution in [0.3, 0.4) is 0 Å². The van der Waals surface area contributed by atoms with E-state index >= 15 is 0 Å². The Hall–Kier alpha value is -2.04. The molecule has 2 aromatic rings. The van der Waals surface area contributed by atoms with Crippen molar-refractivity contribution in [3.05, 3.63) is 64.7 Å². The number of nitrogens with one attached hydrogen (secondary N) is 1. The van der Waals surface area contributed by atoms with Crippen molar-refractivity contribution in [2.24, 2.45) is 0 Å². The Morgan fingerprint density at radius 3 is 2.34 bits per heavy atom. The van der Waals surface area contributed by atoms with E-state index in [9.17, 15) is 4.79 Å². The molecule has 29 heavy (non-hydrogen) atoms. The lowest BCUT2D eigenvalue weighted by Gasteiger charge is -2.34. The Morgan fingerprint density at radius 2 is 1.62 bits per heavy atom. The van der Waals surface area contributed by atoms with Crippen LogP contribution in [0.25, 0.3) is 0 Å². The highest BCUT2D eigenvalue weighted by atomic mass is 35.5. The molecule has 0 spiro atoms. The van der Waals surface area contributed by atoms with Gasteiger partial charge < -0.3 is 15.0 Å². The molecule has 2 aromatic carbocycles. The topological polar surface area (TPSA) is 41.6 Å². The first-order chi connectivity index (χ1) is 14.2. The molecule has 2 fully saturated rings. The number of likely N-dealkylation sites (tertiary alicyclic amines) is 1. The van der Waals surface area contributed by atoms with Crippen LogP contribution < -0.4 is 10.1 Å². The van der Waals surface area contributed by atoms with Crippen molar-refractivity contribution >= 4 is 17.5 Å². The Labute approximate surface area is 178 Å². The second-order valence-corrected chi connectivity index (χ2v) is 8.56. The minimum absolute atomic E-state index is 0.0658. The summed E-state index contributed by atoms with van der Waals surface area (Å²) in [7, 11) is 0. The van der Waals surface area contributed by atoms with Gasteiger partial charge in [-0.2, -0.15) is 0 Å². The van der Waals surface area contributed by atoms with Gasteiger partial charge >= 0.3 is 0 Å². The molecule has 1 saturated heterocycles. The number of amides is 1. The van der Waals surface area contributed by atoms with Crippen LogP contribution in [0.2, 0.25) is 5.02 Å². The summed E-state index contributed by atoms with van der Waals surface area (Å²) < 4.78 is 5.98.